The lowest BCUT2D eigenvalue weighted by Crippen LogP contribution is -2.16. The zero-order valence-corrected chi connectivity index (χ0v) is 12.2. The zero-order chi connectivity index (χ0) is 13.9. The average Bonchev–Trinajstić information content (AvgIpc) is 2.42. The van der Waals surface area contributed by atoms with Crippen molar-refractivity contribution in [1.29, 1.82) is 0 Å². The van der Waals surface area contributed by atoms with E-state index >= 15 is 0 Å². The van der Waals surface area contributed by atoms with Gasteiger partial charge in [-0.15, -0.1) is 0 Å². The number of thioether (sulfide) groups is 1. The Balaban J connectivity index is 2.12. The lowest BCUT2D eigenvalue weighted by Gasteiger charge is -2.05. The van der Waals surface area contributed by atoms with Crippen molar-refractivity contribution in [2.45, 2.75) is 32.2 Å². The molecule has 1 heterocycles. The van der Waals surface area contributed by atoms with Gasteiger partial charge in [-0.05, 0) is 43.5 Å². The van der Waals surface area contributed by atoms with Gasteiger partial charge in [0.1, 0.15) is 5.69 Å². The smallest absolute Gasteiger partial charge is 0.354 e. The molecule has 0 saturated carbocycles. The fourth-order valence-electron chi connectivity index (χ4n) is 1.76. The molecule has 1 aromatic heterocycles. The predicted molar refractivity (Wildman–Crippen MR) is 79.8 cm³/mol. The molecule has 0 aromatic carbocycles. The summed E-state index contributed by atoms with van der Waals surface area (Å²) >= 11 is 1.90. The van der Waals surface area contributed by atoms with Gasteiger partial charge >= 0.3 is 5.97 Å². The van der Waals surface area contributed by atoms with Gasteiger partial charge in [-0.1, -0.05) is 18.9 Å². The van der Waals surface area contributed by atoms with E-state index in [0.717, 1.165) is 18.7 Å². The lowest BCUT2D eigenvalue weighted by molar-refractivity contribution is 0.0690. The Labute approximate surface area is 119 Å². The number of rotatable bonds is 10. The second-order valence-corrected chi connectivity index (χ2v) is 5.39. The average molecular weight is 282 g/mol. The predicted octanol–water partition coefficient (Wildman–Crippen LogP) is 2.79. The normalized spacial score (nSPS) is 10.6. The van der Waals surface area contributed by atoms with Crippen LogP contribution in [0.2, 0.25) is 0 Å². The van der Waals surface area contributed by atoms with Gasteiger partial charge < -0.3 is 10.4 Å². The van der Waals surface area contributed by atoms with Crippen molar-refractivity contribution < 1.29 is 9.90 Å². The molecule has 1 rings (SSSR count). The molecule has 0 unspecified atom stereocenters. The van der Waals surface area contributed by atoms with Gasteiger partial charge in [-0.3, -0.25) is 0 Å². The number of nitrogens with one attached hydrogen (secondary N) is 1. The van der Waals surface area contributed by atoms with Crippen molar-refractivity contribution in [1.82, 2.24) is 10.3 Å². The van der Waals surface area contributed by atoms with Gasteiger partial charge in [-0.2, -0.15) is 11.8 Å². The fraction of sp³-hybridized carbons (Fsp3) is 0.571. The third kappa shape index (κ3) is 7.18. The summed E-state index contributed by atoms with van der Waals surface area (Å²) in [5, 5.41) is 12.1. The summed E-state index contributed by atoms with van der Waals surface area (Å²) in [7, 11) is 0. The Morgan fingerprint density at radius 2 is 2.11 bits per heavy atom. The van der Waals surface area contributed by atoms with E-state index < -0.39 is 5.97 Å². The molecule has 0 aliphatic heterocycles. The van der Waals surface area contributed by atoms with Crippen LogP contribution in [0.25, 0.3) is 0 Å². The van der Waals surface area contributed by atoms with Gasteiger partial charge in [0.2, 0.25) is 0 Å². The summed E-state index contributed by atoms with van der Waals surface area (Å²) in [5.41, 5.74) is 0.888. The first-order valence-corrected chi connectivity index (χ1v) is 8.02. The number of carboxylic acids is 1. The minimum atomic E-state index is -0.976. The summed E-state index contributed by atoms with van der Waals surface area (Å²) in [6.07, 6.45) is 7.13. The van der Waals surface area contributed by atoms with E-state index in [4.69, 9.17) is 5.11 Å². The molecular formula is C14H22N2O2S. The highest BCUT2D eigenvalue weighted by molar-refractivity contribution is 7.98. The van der Waals surface area contributed by atoms with Crippen LogP contribution in [-0.4, -0.2) is 34.6 Å². The summed E-state index contributed by atoms with van der Waals surface area (Å²) in [6, 6.07) is 5.09. The Morgan fingerprint density at radius 1 is 1.32 bits per heavy atom. The molecule has 0 saturated heterocycles. The topological polar surface area (TPSA) is 62.2 Å². The van der Waals surface area contributed by atoms with Crippen molar-refractivity contribution in [3.05, 3.63) is 29.6 Å². The maximum atomic E-state index is 10.8. The molecule has 0 amide bonds. The van der Waals surface area contributed by atoms with E-state index in [9.17, 15) is 4.79 Å². The van der Waals surface area contributed by atoms with Gasteiger partial charge in [0, 0.05) is 6.54 Å². The first kappa shape index (κ1) is 16.0. The number of nitrogens with zero attached hydrogens (tertiary/aromatic N) is 1. The van der Waals surface area contributed by atoms with Crippen LogP contribution in [-0.2, 0) is 6.54 Å². The maximum Gasteiger partial charge on any atom is 0.354 e. The molecule has 0 aliphatic rings. The minimum Gasteiger partial charge on any atom is -0.477 e. The van der Waals surface area contributed by atoms with E-state index in [0.29, 0.717) is 6.54 Å². The third-order valence-electron chi connectivity index (χ3n) is 2.78. The molecule has 0 bridgehead atoms. The van der Waals surface area contributed by atoms with Gasteiger partial charge in [0.25, 0.3) is 0 Å². The highest BCUT2D eigenvalue weighted by Crippen LogP contribution is 2.04. The molecule has 0 atom stereocenters. The largest absolute Gasteiger partial charge is 0.477 e. The summed E-state index contributed by atoms with van der Waals surface area (Å²) in [4.78, 5) is 14.8. The highest BCUT2D eigenvalue weighted by Gasteiger charge is 2.04. The highest BCUT2D eigenvalue weighted by atomic mass is 32.2. The van der Waals surface area contributed by atoms with Crippen LogP contribution in [0.3, 0.4) is 0 Å². The molecule has 19 heavy (non-hydrogen) atoms. The standard InChI is InChI=1S/C14H22N2O2S/c1-19-10-5-3-2-4-9-15-11-12-7-6-8-13(16-12)14(17)18/h6-8,15H,2-5,9-11H2,1H3,(H,17,18). The fourth-order valence-corrected chi connectivity index (χ4v) is 2.26. The summed E-state index contributed by atoms with van der Waals surface area (Å²) in [6.45, 7) is 1.59. The number of unbranched alkanes of at least 4 members (excludes halogenated alkanes) is 3. The monoisotopic (exact) mass is 282 g/mol. The number of hydrogen-bond donors (Lipinski definition) is 2. The molecule has 0 spiro atoms. The van der Waals surface area contributed by atoms with E-state index in [1.54, 1.807) is 6.07 Å². The van der Waals surface area contributed by atoms with Crippen molar-refractivity contribution in [3.8, 4) is 0 Å². The van der Waals surface area contributed by atoms with Crippen LogP contribution in [0, 0.1) is 0 Å². The Hall–Kier alpha value is -1.07. The number of hydrogen-bond acceptors (Lipinski definition) is 4. The first-order chi connectivity index (χ1) is 9.24. The van der Waals surface area contributed by atoms with Gasteiger partial charge in [-0.25, -0.2) is 9.78 Å². The molecule has 106 valence electrons. The second-order valence-electron chi connectivity index (χ2n) is 4.40. The molecule has 5 heteroatoms. The van der Waals surface area contributed by atoms with Crippen molar-refractivity contribution >= 4 is 17.7 Å². The van der Waals surface area contributed by atoms with Gasteiger partial charge in [0.05, 0.1) is 5.69 Å². The molecule has 4 nitrogen and oxygen atoms in total. The van der Waals surface area contributed by atoms with Gasteiger partial charge in [0.15, 0.2) is 0 Å². The van der Waals surface area contributed by atoms with E-state index in [1.165, 1.54) is 31.1 Å². The quantitative estimate of drug-likeness (QED) is 0.646. The van der Waals surface area contributed by atoms with Crippen LogP contribution in [0.15, 0.2) is 18.2 Å². The van der Waals surface area contributed by atoms with Crippen LogP contribution in [0.4, 0.5) is 0 Å². The second kappa shape index (κ2) is 9.81. The van der Waals surface area contributed by atoms with Crippen LogP contribution in [0.5, 0.6) is 0 Å². The summed E-state index contributed by atoms with van der Waals surface area (Å²) < 4.78 is 0. The van der Waals surface area contributed by atoms with Crippen molar-refractivity contribution in [3.63, 3.8) is 0 Å². The summed E-state index contributed by atoms with van der Waals surface area (Å²) in [5.74, 6) is 0.273. The van der Waals surface area contributed by atoms with Crippen LogP contribution < -0.4 is 5.32 Å². The molecule has 0 fully saturated rings. The van der Waals surface area contributed by atoms with Crippen LogP contribution >= 0.6 is 11.8 Å². The van der Waals surface area contributed by atoms with E-state index in [2.05, 4.69) is 16.6 Å². The van der Waals surface area contributed by atoms with Crippen molar-refractivity contribution in [2.24, 2.45) is 0 Å². The number of aromatic nitrogens is 1. The first-order valence-electron chi connectivity index (χ1n) is 6.63. The molecule has 2 N–H and O–H groups in total. The SMILES string of the molecule is CSCCCCCCNCc1cccc(C(=O)O)n1. The lowest BCUT2D eigenvalue weighted by atomic mass is 10.2. The Bertz CT molecular complexity index is 385. The zero-order valence-electron chi connectivity index (χ0n) is 11.4. The Morgan fingerprint density at radius 3 is 2.84 bits per heavy atom. The number of carbonyl (C=O) groups is 1. The Kier molecular flexibility index (Phi) is 8.25. The minimum absolute atomic E-state index is 0.108. The van der Waals surface area contributed by atoms with Crippen molar-refractivity contribution in [2.75, 3.05) is 18.6 Å². The number of pyridine rings is 1. The molecule has 1 aromatic rings. The van der Waals surface area contributed by atoms with E-state index in [-0.39, 0.29) is 5.69 Å². The molecule has 0 radical (unpaired) electrons. The molecule has 0 aliphatic carbocycles. The van der Waals surface area contributed by atoms with E-state index in [1.807, 2.05) is 17.8 Å². The van der Waals surface area contributed by atoms with Crippen LogP contribution in [0.1, 0.15) is 41.9 Å². The third-order valence-corrected chi connectivity index (χ3v) is 3.48. The number of aromatic carboxylic acids is 1. The number of carboxylic acid groups (broad SMARTS) is 1. The molecular weight excluding hydrogens is 260 g/mol. The maximum absolute atomic E-state index is 10.8.